The molecule has 5 aromatic rings. The van der Waals surface area contributed by atoms with Crippen molar-refractivity contribution >= 4 is 22.5 Å². The second kappa shape index (κ2) is 8.70. The maximum atomic E-state index is 5.00. The molecule has 0 spiro atoms. The van der Waals surface area contributed by atoms with Crippen molar-refractivity contribution in [3.05, 3.63) is 60.1 Å². The molecular formula is C25H28N10. The van der Waals surface area contributed by atoms with Gasteiger partial charge in [-0.15, -0.1) is 10.2 Å². The first-order valence-electron chi connectivity index (χ1n) is 12.0. The fourth-order valence-electron chi connectivity index (χ4n) is 4.65. The zero-order valence-corrected chi connectivity index (χ0v) is 20.3. The Morgan fingerprint density at radius 3 is 2.63 bits per heavy atom. The quantitative estimate of drug-likeness (QED) is 0.389. The molecule has 0 amide bonds. The number of imidazole rings is 1. The van der Waals surface area contributed by atoms with E-state index >= 15 is 0 Å². The molecule has 0 bridgehead atoms. The molecule has 10 heteroatoms. The number of fused-ring (bicyclic) bond motifs is 2. The molecule has 0 aromatic carbocycles. The predicted molar refractivity (Wildman–Crippen MR) is 134 cm³/mol. The zero-order valence-electron chi connectivity index (χ0n) is 20.3. The topological polar surface area (TPSA) is 93.2 Å². The van der Waals surface area contributed by atoms with Gasteiger partial charge in [-0.3, -0.25) is 9.38 Å². The molecule has 1 saturated heterocycles. The molecule has 0 saturated carbocycles. The highest BCUT2D eigenvalue weighted by Gasteiger charge is 2.21. The van der Waals surface area contributed by atoms with Gasteiger partial charge in [-0.1, -0.05) is 13.0 Å². The first-order valence-corrected chi connectivity index (χ1v) is 12.0. The number of aromatic nitrogens is 8. The Bertz CT molecular complexity index is 1500. The van der Waals surface area contributed by atoms with Crippen LogP contribution >= 0.6 is 0 Å². The van der Waals surface area contributed by atoms with Crippen molar-refractivity contribution < 1.29 is 0 Å². The Labute approximate surface area is 203 Å². The number of anilines is 1. The normalized spacial score (nSPS) is 14.9. The summed E-state index contributed by atoms with van der Waals surface area (Å²) in [5, 5.41) is 8.58. The van der Waals surface area contributed by atoms with Crippen LogP contribution in [-0.2, 0) is 13.0 Å². The van der Waals surface area contributed by atoms with Gasteiger partial charge in [-0.05, 0) is 32.5 Å². The lowest BCUT2D eigenvalue weighted by atomic mass is 10.3. The first kappa shape index (κ1) is 21.6. The molecule has 0 radical (unpaired) electrons. The van der Waals surface area contributed by atoms with Crippen molar-refractivity contribution in [2.24, 2.45) is 0 Å². The minimum absolute atomic E-state index is 0.585. The lowest BCUT2D eigenvalue weighted by Gasteiger charge is -2.33. The summed E-state index contributed by atoms with van der Waals surface area (Å²) in [5.74, 6) is 2.59. The molecule has 0 aliphatic carbocycles. The molecule has 0 unspecified atom stereocenters. The number of hydrogen-bond donors (Lipinski definition) is 0. The van der Waals surface area contributed by atoms with Crippen molar-refractivity contribution in [2.45, 2.75) is 26.8 Å². The summed E-state index contributed by atoms with van der Waals surface area (Å²) in [6.45, 7) is 8.59. The van der Waals surface area contributed by atoms with Crippen molar-refractivity contribution in [2.75, 3.05) is 38.1 Å². The van der Waals surface area contributed by atoms with Gasteiger partial charge in [-0.2, -0.15) is 0 Å². The highest BCUT2D eigenvalue weighted by atomic mass is 15.3. The summed E-state index contributed by atoms with van der Waals surface area (Å²) >= 11 is 0. The van der Waals surface area contributed by atoms with Gasteiger partial charge in [0.15, 0.2) is 11.5 Å². The minimum Gasteiger partial charge on any atom is -0.354 e. The van der Waals surface area contributed by atoms with E-state index < -0.39 is 0 Å². The lowest BCUT2D eigenvalue weighted by molar-refractivity contribution is 0.312. The van der Waals surface area contributed by atoms with Crippen LogP contribution in [0.2, 0.25) is 0 Å². The van der Waals surface area contributed by atoms with E-state index in [9.17, 15) is 0 Å². The molecule has 6 rings (SSSR count). The van der Waals surface area contributed by atoms with Crippen LogP contribution < -0.4 is 4.90 Å². The van der Waals surface area contributed by atoms with Crippen LogP contribution in [0.15, 0.2) is 42.9 Å². The van der Waals surface area contributed by atoms with Gasteiger partial charge in [0.25, 0.3) is 0 Å². The van der Waals surface area contributed by atoms with E-state index in [1.165, 1.54) is 0 Å². The van der Waals surface area contributed by atoms with Gasteiger partial charge < -0.3 is 14.4 Å². The van der Waals surface area contributed by atoms with E-state index in [0.717, 1.165) is 83.8 Å². The van der Waals surface area contributed by atoms with Crippen LogP contribution in [-0.4, -0.2) is 77.2 Å². The molecule has 1 fully saturated rings. The number of nitrogens with zero attached hydrogens (tertiary/aromatic N) is 10. The van der Waals surface area contributed by atoms with Gasteiger partial charge >= 0.3 is 0 Å². The van der Waals surface area contributed by atoms with E-state index in [2.05, 4.69) is 49.6 Å². The third-order valence-corrected chi connectivity index (χ3v) is 6.69. The number of rotatable bonds is 5. The van der Waals surface area contributed by atoms with E-state index in [0.29, 0.717) is 6.54 Å². The van der Waals surface area contributed by atoms with Crippen molar-refractivity contribution in [1.29, 1.82) is 0 Å². The zero-order chi connectivity index (χ0) is 23.9. The third-order valence-electron chi connectivity index (χ3n) is 6.69. The smallest absolute Gasteiger partial charge is 0.182 e. The summed E-state index contributed by atoms with van der Waals surface area (Å²) in [4.78, 5) is 24.0. The van der Waals surface area contributed by atoms with Crippen molar-refractivity contribution in [1.82, 2.24) is 44.0 Å². The summed E-state index contributed by atoms with van der Waals surface area (Å²) in [7, 11) is 2.16. The molecule has 35 heavy (non-hydrogen) atoms. The van der Waals surface area contributed by atoms with Crippen LogP contribution in [0.1, 0.15) is 24.1 Å². The van der Waals surface area contributed by atoms with E-state index in [1.807, 2.05) is 48.1 Å². The van der Waals surface area contributed by atoms with Gasteiger partial charge in [0.05, 0.1) is 29.6 Å². The highest BCUT2D eigenvalue weighted by Crippen LogP contribution is 2.28. The van der Waals surface area contributed by atoms with Crippen LogP contribution in [0, 0.1) is 6.92 Å². The maximum Gasteiger partial charge on any atom is 0.182 e. The number of likely N-dealkylation sites (N-methyl/N-ethyl adjacent to an activating group) is 1. The fraction of sp³-hybridized carbons (Fsp3) is 0.360. The fourth-order valence-corrected chi connectivity index (χ4v) is 4.65. The molecule has 0 N–H and O–H groups in total. The number of pyridine rings is 2. The number of piperazine rings is 1. The number of aryl methyl sites for hydroxylation is 2. The predicted octanol–water partition coefficient (Wildman–Crippen LogP) is 2.60. The lowest BCUT2D eigenvalue weighted by Crippen LogP contribution is -2.44. The summed E-state index contributed by atoms with van der Waals surface area (Å²) in [6.07, 6.45) is 6.44. The molecular weight excluding hydrogens is 440 g/mol. The Morgan fingerprint density at radius 2 is 1.86 bits per heavy atom. The number of hydrogen-bond acceptors (Lipinski definition) is 8. The molecule has 1 aliphatic rings. The molecule has 0 atom stereocenters. The highest BCUT2D eigenvalue weighted by molar-refractivity contribution is 5.82. The molecule has 10 nitrogen and oxygen atoms in total. The van der Waals surface area contributed by atoms with Crippen molar-refractivity contribution in [3.8, 4) is 11.5 Å². The van der Waals surface area contributed by atoms with Crippen LogP contribution in [0.5, 0.6) is 0 Å². The Kier molecular flexibility index (Phi) is 5.37. The maximum absolute atomic E-state index is 5.00. The Morgan fingerprint density at radius 1 is 1.00 bits per heavy atom. The summed E-state index contributed by atoms with van der Waals surface area (Å²) in [5.41, 5.74) is 5.30. The Balaban J connectivity index is 1.52. The van der Waals surface area contributed by atoms with E-state index in [-0.39, 0.29) is 0 Å². The monoisotopic (exact) mass is 468 g/mol. The van der Waals surface area contributed by atoms with Gasteiger partial charge in [0, 0.05) is 44.6 Å². The molecule has 1 aliphatic heterocycles. The molecule has 178 valence electrons. The second-order valence-electron chi connectivity index (χ2n) is 9.03. The van der Waals surface area contributed by atoms with Crippen molar-refractivity contribution in [3.63, 3.8) is 0 Å². The third kappa shape index (κ3) is 3.89. The summed E-state index contributed by atoms with van der Waals surface area (Å²) < 4.78 is 4.20. The minimum atomic E-state index is 0.585. The Hall–Kier alpha value is -3.92. The summed E-state index contributed by atoms with van der Waals surface area (Å²) in [6, 6.07) is 8.14. The molecule has 5 aromatic heterocycles. The van der Waals surface area contributed by atoms with E-state index in [4.69, 9.17) is 15.0 Å². The first-order chi connectivity index (χ1) is 17.1. The van der Waals surface area contributed by atoms with Crippen LogP contribution in [0.3, 0.4) is 0 Å². The SMILES string of the molecule is CCc1nc(-c2nc3cnc(N4CCN(C)CC4)cc3n2Cc2ccccn2)cn2c(C)nnc12. The van der Waals surface area contributed by atoms with E-state index in [1.54, 1.807) is 0 Å². The second-order valence-corrected chi connectivity index (χ2v) is 9.03. The van der Waals surface area contributed by atoms with Crippen LogP contribution in [0.25, 0.3) is 28.2 Å². The van der Waals surface area contributed by atoms with Crippen LogP contribution in [0.4, 0.5) is 5.82 Å². The van der Waals surface area contributed by atoms with Gasteiger partial charge in [-0.25, -0.2) is 15.0 Å². The average Bonchev–Trinajstić information content (AvgIpc) is 3.44. The van der Waals surface area contributed by atoms with Gasteiger partial charge in [0.1, 0.15) is 22.9 Å². The molecule has 6 heterocycles. The standard InChI is InChI=1S/C25H28N10/c1-4-19-25-31-30-17(2)34(25)16-21(28-19)24-29-20-14-27-23(33-11-9-32(3)10-12-33)13-22(20)35(24)15-18-7-5-6-8-26-18/h5-8,13-14,16H,4,9-12,15H2,1-3H3. The average molecular weight is 469 g/mol. The van der Waals surface area contributed by atoms with Gasteiger partial charge in [0.2, 0.25) is 0 Å². The largest absolute Gasteiger partial charge is 0.354 e.